The van der Waals surface area contributed by atoms with Crippen molar-refractivity contribution in [2.24, 2.45) is 0 Å². The molecule has 1 aliphatic heterocycles. The lowest BCUT2D eigenvalue weighted by Gasteiger charge is -2.32. The van der Waals surface area contributed by atoms with Gasteiger partial charge in [-0.1, -0.05) is 6.08 Å². The maximum absolute atomic E-state index is 11.1. The fourth-order valence-corrected chi connectivity index (χ4v) is 2.33. The molecule has 0 spiro atoms. The van der Waals surface area contributed by atoms with E-state index < -0.39 is 24.3 Å². The van der Waals surface area contributed by atoms with Crippen LogP contribution >= 0.6 is 0 Å². The van der Waals surface area contributed by atoms with Crippen LogP contribution in [0.4, 0.5) is 5.82 Å². The van der Waals surface area contributed by atoms with E-state index in [-0.39, 0.29) is 11.4 Å². The number of nitrogens with two attached hydrogens (primary N) is 1. The molecule has 0 saturated carbocycles. The van der Waals surface area contributed by atoms with Crippen LogP contribution in [-0.2, 0) is 9.31 Å². The van der Waals surface area contributed by atoms with E-state index in [2.05, 4.69) is 10.3 Å². The molecule has 2 heterocycles. The SMILES string of the molecule is CNCC(=Cc1cc(C(=O)O)cnc1N)B1OC(C)(C)C(C)(C)O1. The number of pyridine rings is 1. The number of nitrogen functional groups attached to an aromatic ring is 1. The summed E-state index contributed by atoms with van der Waals surface area (Å²) in [4.78, 5) is 15.1. The fraction of sp³-hybridized carbons (Fsp3) is 0.500. The van der Waals surface area contributed by atoms with Crippen LogP contribution in [-0.4, -0.2) is 48.0 Å². The highest BCUT2D eigenvalue weighted by Gasteiger charge is 2.52. The van der Waals surface area contributed by atoms with Gasteiger partial charge in [-0.2, -0.15) is 0 Å². The summed E-state index contributed by atoms with van der Waals surface area (Å²) < 4.78 is 12.1. The normalized spacial score (nSPS) is 19.5. The van der Waals surface area contributed by atoms with Gasteiger partial charge in [-0.15, -0.1) is 0 Å². The maximum Gasteiger partial charge on any atom is 0.491 e. The van der Waals surface area contributed by atoms with Crippen LogP contribution < -0.4 is 11.1 Å². The number of carbonyl (C=O) groups is 1. The predicted octanol–water partition coefficient (Wildman–Crippen LogP) is 1.60. The molecule has 0 amide bonds. The van der Waals surface area contributed by atoms with E-state index in [4.69, 9.17) is 20.1 Å². The van der Waals surface area contributed by atoms with Gasteiger partial charge >= 0.3 is 13.1 Å². The lowest BCUT2D eigenvalue weighted by Crippen LogP contribution is -2.41. The predicted molar refractivity (Wildman–Crippen MR) is 93.6 cm³/mol. The van der Waals surface area contributed by atoms with Crippen molar-refractivity contribution in [3.05, 3.63) is 28.9 Å². The van der Waals surface area contributed by atoms with Gasteiger partial charge in [0.05, 0.1) is 16.8 Å². The first-order valence-corrected chi connectivity index (χ1v) is 7.77. The number of carboxylic acids is 1. The summed E-state index contributed by atoms with van der Waals surface area (Å²) in [7, 11) is 1.27. The molecule has 0 aliphatic carbocycles. The van der Waals surface area contributed by atoms with Crippen molar-refractivity contribution < 1.29 is 19.2 Å². The molecule has 2 rings (SSSR count). The summed E-state index contributed by atoms with van der Waals surface area (Å²) in [6, 6.07) is 1.49. The minimum Gasteiger partial charge on any atom is -0.478 e. The number of hydrogen-bond acceptors (Lipinski definition) is 6. The Kier molecular flexibility index (Phi) is 5.03. The number of nitrogens with one attached hydrogen (secondary N) is 1. The van der Waals surface area contributed by atoms with Gasteiger partial charge in [-0.3, -0.25) is 0 Å². The standard InChI is InChI=1S/C16H24BN3O4/c1-15(2)16(3,4)24-17(23-15)12(9-19-5)7-10-6-11(14(21)22)8-20-13(10)18/h6-8,19H,9H2,1-5H3,(H2,18,20)(H,21,22). The van der Waals surface area contributed by atoms with Crippen LogP contribution in [0.5, 0.6) is 0 Å². The van der Waals surface area contributed by atoms with Crippen LogP contribution in [0.3, 0.4) is 0 Å². The van der Waals surface area contributed by atoms with Gasteiger partial charge in [0.1, 0.15) is 5.82 Å². The molecule has 4 N–H and O–H groups in total. The molecule has 8 heteroatoms. The first-order valence-electron chi connectivity index (χ1n) is 7.77. The molecule has 0 unspecified atom stereocenters. The van der Waals surface area contributed by atoms with Crippen molar-refractivity contribution >= 4 is 25.0 Å². The number of hydrogen-bond donors (Lipinski definition) is 3. The van der Waals surface area contributed by atoms with Gasteiger partial charge in [-0.25, -0.2) is 9.78 Å². The van der Waals surface area contributed by atoms with Gasteiger partial charge in [0.15, 0.2) is 0 Å². The van der Waals surface area contributed by atoms with Gasteiger partial charge < -0.3 is 25.5 Å². The summed E-state index contributed by atoms with van der Waals surface area (Å²) in [6.07, 6.45) is 3.01. The minimum atomic E-state index is -1.05. The van der Waals surface area contributed by atoms with E-state index >= 15 is 0 Å². The number of nitrogens with zero attached hydrogens (tertiary/aromatic N) is 1. The third kappa shape index (κ3) is 3.61. The number of aromatic nitrogens is 1. The molecule has 0 bridgehead atoms. The molecule has 1 saturated heterocycles. The Labute approximate surface area is 142 Å². The first kappa shape index (κ1) is 18.4. The Bertz CT molecular complexity index is 657. The Morgan fingerprint density at radius 3 is 2.46 bits per heavy atom. The van der Waals surface area contributed by atoms with Gasteiger partial charge in [0, 0.05) is 18.3 Å². The van der Waals surface area contributed by atoms with E-state index in [9.17, 15) is 4.79 Å². The molecule has 0 aromatic carbocycles. The first-order chi connectivity index (χ1) is 11.1. The second-order valence-corrected chi connectivity index (χ2v) is 6.84. The smallest absolute Gasteiger partial charge is 0.478 e. The number of rotatable bonds is 5. The van der Waals surface area contributed by atoms with Crippen LogP contribution in [0, 0.1) is 0 Å². The maximum atomic E-state index is 11.1. The summed E-state index contributed by atoms with van der Waals surface area (Å²) in [5, 5.41) is 12.2. The number of carboxylic acid groups (broad SMARTS) is 1. The second kappa shape index (κ2) is 6.54. The molecule has 1 aliphatic rings. The Balaban J connectivity index is 2.40. The topological polar surface area (TPSA) is 107 Å². The van der Waals surface area contributed by atoms with E-state index in [1.807, 2.05) is 34.7 Å². The highest BCUT2D eigenvalue weighted by Crippen LogP contribution is 2.38. The minimum absolute atomic E-state index is 0.0770. The van der Waals surface area contributed by atoms with Crippen molar-refractivity contribution in [1.29, 1.82) is 0 Å². The largest absolute Gasteiger partial charge is 0.491 e. The van der Waals surface area contributed by atoms with Crippen molar-refractivity contribution in [1.82, 2.24) is 10.3 Å². The summed E-state index contributed by atoms with van der Waals surface area (Å²) in [5.41, 5.74) is 6.38. The Hall–Kier alpha value is -1.90. The molecule has 0 radical (unpaired) electrons. The van der Waals surface area contributed by atoms with E-state index in [1.54, 1.807) is 6.08 Å². The highest BCUT2D eigenvalue weighted by molar-refractivity contribution is 6.56. The van der Waals surface area contributed by atoms with Gasteiger partial charge in [0.25, 0.3) is 0 Å². The Morgan fingerprint density at radius 2 is 1.96 bits per heavy atom. The van der Waals surface area contributed by atoms with Gasteiger partial charge in [0.2, 0.25) is 0 Å². The highest BCUT2D eigenvalue weighted by atomic mass is 16.7. The molecule has 1 fully saturated rings. The van der Waals surface area contributed by atoms with E-state index in [0.717, 1.165) is 5.47 Å². The third-order valence-corrected chi connectivity index (χ3v) is 4.47. The average Bonchev–Trinajstić information content (AvgIpc) is 2.68. The van der Waals surface area contributed by atoms with Crippen LogP contribution in [0.15, 0.2) is 17.7 Å². The van der Waals surface area contributed by atoms with Gasteiger partial charge in [-0.05, 0) is 46.3 Å². The summed E-state index contributed by atoms with van der Waals surface area (Å²) in [5.74, 6) is -0.798. The lowest BCUT2D eigenvalue weighted by molar-refractivity contribution is 0.00578. The molecule has 24 heavy (non-hydrogen) atoms. The molecule has 130 valence electrons. The molecule has 1 aromatic heterocycles. The number of anilines is 1. The lowest BCUT2D eigenvalue weighted by atomic mass is 9.77. The van der Waals surface area contributed by atoms with Crippen molar-refractivity contribution in [3.8, 4) is 0 Å². The zero-order chi connectivity index (χ0) is 18.1. The zero-order valence-electron chi connectivity index (χ0n) is 14.7. The number of aromatic carboxylic acids is 1. The van der Waals surface area contributed by atoms with Crippen molar-refractivity contribution in [3.63, 3.8) is 0 Å². The second-order valence-electron chi connectivity index (χ2n) is 6.84. The quantitative estimate of drug-likeness (QED) is 0.703. The molecule has 7 nitrogen and oxygen atoms in total. The van der Waals surface area contributed by atoms with E-state index in [0.29, 0.717) is 12.1 Å². The average molecular weight is 333 g/mol. The summed E-state index contributed by atoms with van der Waals surface area (Å²) in [6.45, 7) is 8.42. The van der Waals surface area contributed by atoms with Crippen LogP contribution in [0.25, 0.3) is 6.08 Å². The van der Waals surface area contributed by atoms with Crippen LogP contribution in [0.2, 0.25) is 0 Å². The molecular weight excluding hydrogens is 309 g/mol. The fourth-order valence-electron chi connectivity index (χ4n) is 2.33. The van der Waals surface area contributed by atoms with Crippen LogP contribution in [0.1, 0.15) is 43.6 Å². The molecular formula is C16H24BN3O4. The zero-order valence-corrected chi connectivity index (χ0v) is 14.7. The van der Waals surface area contributed by atoms with Crippen molar-refractivity contribution in [2.75, 3.05) is 19.3 Å². The van der Waals surface area contributed by atoms with E-state index in [1.165, 1.54) is 12.3 Å². The molecule has 1 aromatic rings. The third-order valence-electron chi connectivity index (χ3n) is 4.47. The number of likely N-dealkylation sites (N-methyl/N-ethyl adjacent to an activating group) is 1. The summed E-state index contributed by atoms with van der Waals surface area (Å²) >= 11 is 0. The Morgan fingerprint density at radius 1 is 1.38 bits per heavy atom. The monoisotopic (exact) mass is 333 g/mol. The van der Waals surface area contributed by atoms with Crippen molar-refractivity contribution in [2.45, 2.75) is 38.9 Å². The molecule has 0 atom stereocenters.